The zero-order valence-corrected chi connectivity index (χ0v) is 18.3. The van der Waals surface area contributed by atoms with Crippen molar-refractivity contribution in [1.29, 1.82) is 0 Å². The van der Waals surface area contributed by atoms with Gasteiger partial charge in [-0.2, -0.15) is 0 Å². The molecule has 0 amide bonds. The summed E-state index contributed by atoms with van der Waals surface area (Å²) in [6.45, 7) is 8.18. The van der Waals surface area contributed by atoms with Crippen LogP contribution in [0.5, 0.6) is 11.5 Å². The van der Waals surface area contributed by atoms with Crippen molar-refractivity contribution in [1.82, 2.24) is 0 Å². The normalized spacial score (nSPS) is 10.6. The van der Waals surface area contributed by atoms with Gasteiger partial charge in [-0.05, 0) is 53.4 Å². The van der Waals surface area contributed by atoms with Gasteiger partial charge < -0.3 is 14.6 Å². The van der Waals surface area contributed by atoms with Crippen molar-refractivity contribution >= 4 is 24.1 Å². The van der Waals surface area contributed by atoms with Crippen LogP contribution in [0.4, 0.5) is 0 Å². The van der Waals surface area contributed by atoms with Crippen LogP contribution in [0.25, 0.3) is 23.3 Å². The summed E-state index contributed by atoms with van der Waals surface area (Å²) in [5.41, 5.74) is 4.36. The van der Waals surface area contributed by atoms with Gasteiger partial charge in [0.1, 0.15) is 11.5 Å². The summed E-state index contributed by atoms with van der Waals surface area (Å²) in [6, 6.07) is 22.4. The molecule has 33 heavy (non-hydrogen) atoms. The second kappa shape index (κ2) is 10.9. The number of ether oxygens (including phenoxy) is 2. The highest BCUT2D eigenvalue weighted by atomic mass is 16.5. The van der Waals surface area contributed by atoms with Gasteiger partial charge in [0.25, 0.3) is 0 Å². The van der Waals surface area contributed by atoms with Gasteiger partial charge in [0, 0.05) is 5.57 Å². The molecule has 0 saturated heterocycles. The van der Waals surface area contributed by atoms with Crippen LogP contribution in [-0.2, 0) is 9.59 Å². The first-order chi connectivity index (χ1) is 15.9. The molecule has 0 unspecified atom stereocenters. The maximum Gasteiger partial charge on any atom is 0.341 e. The lowest BCUT2D eigenvalue weighted by Gasteiger charge is -2.07. The first kappa shape index (κ1) is 23.4. The molecule has 0 fully saturated rings. The van der Waals surface area contributed by atoms with E-state index in [4.69, 9.17) is 14.6 Å². The molecular weight excluding hydrogens is 416 g/mol. The Morgan fingerprint density at radius 3 is 1.58 bits per heavy atom. The van der Waals surface area contributed by atoms with Gasteiger partial charge >= 0.3 is 11.9 Å². The van der Waals surface area contributed by atoms with E-state index in [2.05, 4.69) is 13.2 Å². The molecule has 0 heterocycles. The van der Waals surface area contributed by atoms with Crippen LogP contribution < -0.4 is 9.47 Å². The zero-order chi connectivity index (χ0) is 23.8. The maximum absolute atomic E-state index is 11.7. The van der Waals surface area contributed by atoms with Crippen LogP contribution in [0, 0.1) is 0 Å². The second-order valence-electron chi connectivity index (χ2n) is 7.37. The van der Waals surface area contributed by atoms with E-state index < -0.39 is 18.5 Å². The van der Waals surface area contributed by atoms with Crippen molar-refractivity contribution in [3.05, 3.63) is 108 Å². The molecule has 0 spiro atoms. The third kappa shape index (κ3) is 6.63. The Labute approximate surface area is 192 Å². The van der Waals surface area contributed by atoms with Crippen LogP contribution >= 0.6 is 0 Å². The molecule has 0 radical (unpaired) electrons. The van der Waals surface area contributed by atoms with Gasteiger partial charge in [-0.15, -0.1) is 0 Å². The number of aliphatic hydroxyl groups is 1. The van der Waals surface area contributed by atoms with Crippen molar-refractivity contribution < 1.29 is 24.2 Å². The van der Waals surface area contributed by atoms with Gasteiger partial charge in [-0.3, -0.25) is 0 Å². The molecule has 3 aromatic rings. The Hall–Kier alpha value is -4.22. The van der Waals surface area contributed by atoms with Crippen LogP contribution in [-0.4, -0.2) is 23.7 Å². The monoisotopic (exact) mass is 440 g/mol. The van der Waals surface area contributed by atoms with Crippen LogP contribution in [0.2, 0.25) is 0 Å². The highest BCUT2D eigenvalue weighted by Gasteiger charge is 2.09. The topological polar surface area (TPSA) is 72.8 Å². The predicted molar refractivity (Wildman–Crippen MR) is 130 cm³/mol. The van der Waals surface area contributed by atoms with Crippen LogP contribution in [0.3, 0.4) is 0 Å². The lowest BCUT2D eigenvalue weighted by molar-refractivity contribution is -0.131. The fraction of sp³-hybridized carbons (Fsp3) is 0.0714. The SMILES string of the molecule is C=C(C)C(=O)Oc1ccc(/C=C/c2ccc(-c3ccc(OC(=O)C(=C)CO)cc3)cc2)cc1. The highest BCUT2D eigenvalue weighted by molar-refractivity contribution is 5.90. The number of esters is 2. The Morgan fingerprint density at radius 1 is 0.727 bits per heavy atom. The van der Waals surface area contributed by atoms with Crippen molar-refractivity contribution in [3.8, 4) is 22.6 Å². The molecule has 0 bridgehead atoms. The largest absolute Gasteiger partial charge is 0.423 e. The molecular formula is C28H24O5. The highest BCUT2D eigenvalue weighted by Crippen LogP contribution is 2.24. The smallest absolute Gasteiger partial charge is 0.341 e. The van der Waals surface area contributed by atoms with E-state index in [1.54, 1.807) is 31.2 Å². The van der Waals surface area contributed by atoms with Crippen molar-refractivity contribution in [2.24, 2.45) is 0 Å². The van der Waals surface area contributed by atoms with Crippen molar-refractivity contribution in [3.63, 3.8) is 0 Å². The molecule has 0 aliphatic rings. The zero-order valence-electron chi connectivity index (χ0n) is 18.3. The number of carbonyl (C=O) groups excluding carboxylic acids is 2. The Morgan fingerprint density at radius 2 is 1.12 bits per heavy atom. The third-order valence-electron chi connectivity index (χ3n) is 4.70. The molecule has 0 atom stereocenters. The minimum absolute atomic E-state index is 0.00451. The van der Waals surface area contributed by atoms with E-state index in [1.165, 1.54) is 0 Å². The molecule has 0 saturated carbocycles. The summed E-state index contributed by atoms with van der Waals surface area (Å²) < 4.78 is 10.3. The molecule has 3 rings (SSSR count). The molecule has 1 N–H and O–H groups in total. The van der Waals surface area contributed by atoms with Crippen molar-refractivity contribution in [2.45, 2.75) is 6.92 Å². The third-order valence-corrected chi connectivity index (χ3v) is 4.70. The fourth-order valence-electron chi connectivity index (χ4n) is 2.78. The van der Waals surface area contributed by atoms with Crippen molar-refractivity contribution in [2.75, 3.05) is 6.61 Å². The molecule has 0 aromatic heterocycles. The van der Waals surface area contributed by atoms with E-state index >= 15 is 0 Å². The number of hydrogen-bond donors (Lipinski definition) is 1. The number of hydrogen-bond acceptors (Lipinski definition) is 5. The number of carbonyl (C=O) groups is 2. The number of aliphatic hydroxyl groups excluding tert-OH is 1. The second-order valence-corrected chi connectivity index (χ2v) is 7.37. The minimum Gasteiger partial charge on any atom is -0.423 e. The quantitative estimate of drug-likeness (QED) is 0.218. The fourth-order valence-corrected chi connectivity index (χ4v) is 2.78. The van der Waals surface area contributed by atoms with Gasteiger partial charge in [-0.1, -0.05) is 73.8 Å². The molecule has 166 valence electrons. The Bertz CT molecular complexity index is 1180. The lowest BCUT2D eigenvalue weighted by Crippen LogP contribution is -2.12. The number of rotatable bonds is 8. The van der Waals surface area contributed by atoms with E-state index in [1.807, 2.05) is 60.7 Å². The molecule has 3 aromatic carbocycles. The van der Waals surface area contributed by atoms with E-state index in [0.29, 0.717) is 17.1 Å². The van der Waals surface area contributed by atoms with Gasteiger partial charge in [0.2, 0.25) is 0 Å². The molecule has 5 heteroatoms. The minimum atomic E-state index is -0.649. The van der Waals surface area contributed by atoms with Gasteiger partial charge in [-0.25, -0.2) is 9.59 Å². The van der Waals surface area contributed by atoms with E-state index in [-0.39, 0.29) is 5.57 Å². The first-order valence-electron chi connectivity index (χ1n) is 10.2. The maximum atomic E-state index is 11.7. The Balaban J connectivity index is 1.61. The molecule has 0 aliphatic heterocycles. The molecule has 0 aliphatic carbocycles. The summed E-state index contributed by atoms with van der Waals surface area (Å²) in [5.74, 6) is -0.229. The van der Waals surface area contributed by atoms with E-state index in [9.17, 15) is 9.59 Å². The standard InChI is InChI=1S/C28H24O5/c1-19(2)27(30)32-25-14-8-22(9-15-25)5-4-21-6-10-23(11-7-21)24-12-16-26(17-13-24)33-28(31)20(3)18-29/h4-17,29H,1,3,18H2,2H3/b5-4+. The summed E-state index contributed by atoms with van der Waals surface area (Å²) in [6.07, 6.45) is 3.97. The summed E-state index contributed by atoms with van der Waals surface area (Å²) in [4.78, 5) is 23.2. The average molecular weight is 440 g/mol. The van der Waals surface area contributed by atoms with Gasteiger partial charge in [0.05, 0.1) is 12.2 Å². The lowest BCUT2D eigenvalue weighted by atomic mass is 10.0. The van der Waals surface area contributed by atoms with Crippen LogP contribution in [0.15, 0.2) is 97.1 Å². The van der Waals surface area contributed by atoms with Gasteiger partial charge in [0.15, 0.2) is 0 Å². The Kier molecular flexibility index (Phi) is 7.73. The summed E-state index contributed by atoms with van der Waals surface area (Å²) in [7, 11) is 0. The average Bonchev–Trinajstić information content (AvgIpc) is 2.83. The first-order valence-corrected chi connectivity index (χ1v) is 10.2. The summed E-state index contributed by atoms with van der Waals surface area (Å²) in [5, 5.41) is 8.93. The predicted octanol–water partition coefficient (Wildman–Crippen LogP) is 5.46. The number of benzene rings is 3. The van der Waals surface area contributed by atoms with E-state index in [0.717, 1.165) is 22.3 Å². The molecule has 5 nitrogen and oxygen atoms in total. The summed E-state index contributed by atoms with van der Waals surface area (Å²) >= 11 is 0. The van der Waals surface area contributed by atoms with Crippen LogP contribution in [0.1, 0.15) is 18.1 Å².